The fourth-order valence-corrected chi connectivity index (χ4v) is 0. The molecule has 1 amide bonds. The zero-order valence-corrected chi connectivity index (χ0v) is 8.74. The normalized spacial score (nSPS) is 4.62. The maximum atomic E-state index is 9.04. The van der Waals surface area contributed by atoms with E-state index in [9.17, 15) is 0 Å². The van der Waals surface area contributed by atoms with Gasteiger partial charge in [-0.2, -0.15) is 6.92 Å². The van der Waals surface area contributed by atoms with Gasteiger partial charge in [0.2, 0.25) is 0 Å². The van der Waals surface area contributed by atoms with Gasteiger partial charge >= 0.3 is 51.4 Å². The van der Waals surface area contributed by atoms with Crippen molar-refractivity contribution in [3.63, 3.8) is 0 Å². The molecule has 0 aliphatic rings. The van der Waals surface area contributed by atoms with Crippen LogP contribution in [0.5, 0.6) is 0 Å². The van der Waals surface area contributed by atoms with E-state index in [1.165, 1.54) is 13.2 Å². The van der Waals surface area contributed by atoms with Crippen LogP contribution < -0.4 is 57.1 Å². The Bertz CT molecular complexity index is 64.3. The summed E-state index contributed by atoms with van der Waals surface area (Å²) in [5, 5.41) is -0.750. The van der Waals surface area contributed by atoms with E-state index in [0.29, 0.717) is 0 Å². The molecule has 0 heterocycles. The van der Waals surface area contributed by atoms with Crippen LogP contribution in [0.2, 0.25) is 0 Å². The Labute approximate surface area is 96.2 Å². The van der Waals surface area contributed by atoms with Crippen molar-refractivity contribution in [1.29, 1.82) is 0 Å². The average Bonchev–Trinajstić information content (AvgIpc) is 1.33. The van der Waals surface area contributed by atoms with Crippen molar-refractivity contribution in [2.24, 2.45) is 5.73 Å². The van der Waals surface area contributed by atoms with Gasteiger partial charge in [-0.15, -0.1) is 0 Å². The zero-order valence-electron chi connectivity index (χ0n) is 4.80. The van der Waals surface area contributed by atoms with Crippen molar-refractivity contribution >= 4 is 24.2 Å². The van der Waals surface area contributed by atoms with E-state index < -0.39 is 5.24 Å². The Balaban J connectivity index is -0.0000000575. The van der Waals surface area contributed by atoms with E-state index in [-0.39, 0.29) is 51.4 Å². The summed E-state index contributed by atoms with van der Waals surface area (Å²) in [6.07, 6.45) is 1.50. The number of hydrogen-bond donors (Lipinski definition) is 1. The second kappa shape index (κ2) is 15.7. The Morgan fingerprint density at radius 3 is 1.75 bits per heavy atom. The third-order valence-electron chi connectivity index (χ3n) is 0. The summed E-state index contributed by atoms with van der Waals surface area (Å²) >= 11 is 3.76. The van der Waals surface area contributed by atoms with Gasteiger partial charge in [-0.1, -0.05) is 0 Å². The van der Waals surface area contributed by atoms with Gasteiger partial charge in [0.05, 0.1) is 5.24 Å². The maximum absolute atomic E-state index is 9.04. The molecule has 8 heavy (non-hydrogen) atoms. The van der Waals surface area contributed by atoms with Gasteiger partial charge in [0.15, 0.2) is 0 Å². The Morgan fingerprint density at radius 2 is 1.75 bits per heavy atom. The summed E-state index contributed by atoms with van der Waals surface area (Å²) < 4.78 is 0. The van der Waals surface area contributed by atoms with Crippen molar-refractivity contribution in [3.05, 3.63) is 0 Å². The van der Waals surface area contributed by atoms with E-state index in [4.69, 9.17) is 9.59 Å². The number of rotatable bonds is 0. The topological polar surface area (TPSA) is 60.2 Å². The molecule has 42 valence electrons. The Hall–Kier alpha value is 0.996. The summed E-state index contributed by atoms with van der Waals surface area (Å²) in [7, 11) is 0. The first-order valence-electron chi connectivity index (χ1n) is 1.40. The minimum Gasteiger partial charge on any atom is -0.719 e. The fourth-order valence-electron chi connectivity index (χ4n) is 0. The van der Waals surface area contributed by atoms with Crippen molar-refractivity contribution < 1.29 is 61.0 Å². The van der Waals surface area contributed by atoms with Crippen LogP contribution in [0.15, 0.2) is 0 Å². The molecule has 0 saturated carbocycles. The zero-order chi connectivity index (χ0) is 6.28. The van der Waals surface area contributed by atoms with Crippen LogP contribution in [0.1, 0.15) is 6.92 Å². The number of hydrogen-bond acceptors (Lipinski definition) is 3. The van der Waals surface area contributed by atoms with Crippen molar-refractivity contribution in [3.8, 4) is 0 Å². The van der Waals surface area contributed by atoms with Crippen LogP contribution in [0.3, 0.4) is 0 Å². The number of primary amides is 1. The number of carbonyl (C=O) groups excluding carboxylic acids is 2. The molecule has 0 rings (SSSR count). The Kier molecular flexibility index (Phi) is 31.4. The number of nitrogens with two attached hydrogens (primary N) is 1. The minimum absolute atomic E-state index is 0. The van der Waals surface area contributed by atoms with Crippen molar-refractivity contribution in [2.45, 2.75) is 6.92 Å². The van der Waals surface area contributed by atoms with E-state index >= 15 is 0 Å². The van der Waals surface area contributed by atoms with Crippen molar-refractivity contribution in [1.82, 2.24) is 0 Å². The predicted octanol–water partition coefficient (Wildman–Crippen LogP) is -3.27. The molecule has 0 aliphatic carbocycles. The molecule has 0 aliphatic heterocycles. The first-order chi connectivity index (χ1) is 3.15. The van der Waals surface area contributed by atoms with Crippen LogP contribution in [-0.2, 0) is 17.4 Å². The van der Waals surface area contributed by atoms with E-state index in [2.05, 4.69) is 18.4 Å². The molecular weight excluding hydrogens is 153 g/mol. The third kappa shape index (κ3) is 253. The van der Waals surface area contributed by atoms with Crippen molar-refractivity contribution in [2.75, 3.05) is 0 Å². The molecule has 2 N–H and O–H groups in total. The number of carbonyl (C=O) groups is 1. The number of amides is 1. The van der Waals surface area contributed by atoms with E-state index in [0.717, 1.165) is 0 Å². The van der Waals surface area contributed by atoms with E-state index in [1.807, 2.05) is 0 Å². The van der Waals surface area contributed by atoms with Crippen LogP contribution in [0.4, 0.5) is 4.79 Å². The van der Waals surface area contributed by atoms with Crippen LogP contribution in [0, 0.1) is 0 Å². The SMILES string of the molecule is C[C-]=O.NC(=O)[S-].[K+]. The first-order valence-corrected chi connectivity index (χ1v) is 1.81. The molecule has 0 aromatic carbocycles. The monoisotopic (exact) mass is 158 g/mol. The summed E-state index contributed by atoms with van der Waals surface area (Å²) in [5.41, 5.74) is 4.29. The molecule has 0 spiro atoms. The fraction of sp³-hybridized carbons (Fsp3) is 0.333. The predicted molar refractivity (Wildman–Crippen MR) is 28.3 cm³/mol. The molecule has 0 bridgehead atoms. The molecule has 0 radical (unpaired) electrons. The molecule has 0 unspecified atom stereocenters. The molecule has 3 nitrogen and oxygen atoms in total. The summed E-state index contributed by atoms with van der Waals surface area (Å²) in [4.78, 5) is 17.7. The summed E-state index contributed by atoms with van der Waals surface area (Å²) in [6.45, 7) is 1.32. The standard InChI is InChI=1S/C2H3O.CH3NOS.K/c1-2-3;2-1(3)4;/h1H3;(H3,2,3,4);/q-1;;+1/p-1. The van der Waals surface area contributed by atoms with Gasteiger partial charge < -0.3 is 28.0 Å². The molecule has 0 aromatic rings. The molecule has 0 fully saturated rings. The third-order valence-corrected chi connectivity index (χ3v) is 0. The van der Waals surface area contributed by atoms with Gasteiger partial charge in [0.25, 0.3) is 0 Å². The minimum atomic E-state index is -0.750. The smallest absolute Gasteiger partial charge is 0.719 e. The average molecular weight is 158 g/mol. The molecule has 0 saturated heterocycles. The van der Waals surface area contributed by atoms with Gasteiger partial charge in [0.1, 0.15) is 0 Å². The first kappa shape index (κ1) is 16.0. The second-order valence-electron chi connectivity index (χ2n) is 0.523. The van der Waals surface area contributed by atoms with Gasteiger partial charge in [0, 0.05) is 0 Å². The maximum Gasteiger partial charge on any atom is 1.00 e. The van der Waals surface area contributed by atoms with E-state index in [1.54, 1.807) is 0 Å². The Morgan fingerprint density at radius 1 is 1.75 bits per heavy atom. The van der Waals surface area contributed by atoms with Gasteiger partial charge in [-0.05, 0) is 0 Å². The van der Waals surface area contributed by atoms with Crippen LogP contribution in [0.25, 0.3) is 0 Å². The largest absolute Gasteiger partial charge is 1.00 e. The summed E-state index contributed by atoms with van der Waals surface area (Å²) in [5.74, 6) is 0. The summed E-state index contributed by atoms with van der Waals surface area (Å²) in [6, 6.07) is 0. The molecular formula is C3H5KNO2S-. The van der Waals surface area contributed by atoms with Crippen LogP contribution >= 0.6 is 0 Å². The van der Waals surface area contributed by atoms with Gasteiger partial charge in [-0.25, -0.2) is 0 Å². The quantitative estimate of drug-likeness (QED) is 0.229. The van der Waals surface area contributed by atoms with Gasteiger partial charge in [-0.3, -0.25) is 6.29 Å². The second-order valence-corrected chi connectivity index (χ2v) is 0.926. The molecule has 0 aromatic heterocycles. The van der Waals surface area contributed by atoms with Crippen LogP contribution in [-0.4, -0.2) is 11.5 Å². The molecule has 5 heteroatoms. The molecule has 0 atom stereocenters.